The zero-order valence-corrected chi connectivity index (χ0v) is 15.3. The number of nitro groups is 1. The molecule has 140 valence electrons. The van der Waals surface area contributed by atoms with E-state index in [1.165, 1.54) is 29.3 Å². The molecule has 2 heterocycles. The molecule has 0 aliphatic heterocycles. The third kappa shape index (κ3) is 4.79. The maximum Gasteiger partial charge on any atom is 0.307 e. The summed E-state index contributed by atoms with van der Waals surface area (Å²) in [6.07, 6.45) is 4.09. The van der Waals surface area contributed by atoms with Gasteiger partial charge in [-0.3, -0.25) is 15.5 Å². The second kappa shape index (κ2) is 8.27. The van der Waals surface area contributed by atoms with Crippen molar-refractivity contribution in [3.8, 4) is 11.5 Å². The van der Waals surface area contributed by atoms with E-state index >= 15 is 0 Å². The molecular weight excluding hydrogens is 372 g/mol. The highest BCUT2D eigenvalue weighted by atomic mass is 32.1. The van der Waals surface area contributed by atoms with Crippen molar-refractivity contribution in [2.24, 2.45) is 5.10 Å². The van der Waals surface area contributed by atoms with Crippen molar-refractivity contribution in [2.75, 3.05) is 12.5 Å². The van der Waals surface area contributed by atoms with E-state index in [0.29, 0.717) is 16.6 Å². The molecule has 0 saturated carbocycles. The summed E-state index contributed by atoms with van der Waals surface area (Å²) in [6, 6.07) is 5.30. The minimum absolute atomic E-state index is 0.0165. The maximum atomic E-state index is 10.7. The molecule has 0 aliphatic carbocycles. The van der Waals surface area contributed by atoms with Gasteiger partial charge >= 0.3 is 5.69 Å². The van der Waals surface area contributed by atoms with E-state index in [9.17, 15) is 10.1 Å². The summed E-state index contributed by atoms with van der Waals surface area (Å²) in [5.74, 6) is 0.988. The molecule has 3 rings (SSSR count). The fourth-order valence-electron chi connectivity index (χ4n) is 2.10. The number of anilines is 1. The van der Waals surface area contributed by atoms with Crippen LogP contribution in [-0.4, -0.2) is 33.0 Å². The fraction of sp³-hybridized carbons (Fsp3) is 0.188. The summed E-state index contributed by atoms with van der Waals surface area (Å²) in [6.45, 7) is 1.93. The Morgan fingerprint density at radius 3 is 2.96 bits per heavy atom. The third-order valence-electron chi connectivity index (χ3n) is 3.36. The first-order valence-electron chi connectivity index (χ1n) is 7.74. The second-order valence-electron chi connectivity index (χ2n) is 5.34. The van der Waals surface area contributed by atoms with Gasteiger partial charge in [-0.25, -0.2) is 9.67 Å². The van der Waals surface area contributed by atoms with Crippen molar-refractivity contribution in [2.45, 2.75) is 13.7 Å². The Bertz CT molecular complexity index is 967. The molecule has 2 aromatic heterocycles. The number of aryl methyl sites for hydroxylation is 1. The van der Waals surface area contributed by atoms with Crippen molar-refractivity contribution in [3.05, 3.63) is 57.3 Å². The molecule has 10 nitrogen and oxygen atoms in total. The Hall–Kier alpha value is -3.47. The van der Waals surface area contributed by atoms with Gasteiger partial charge in [0.15, 0.2) is 18.2 Å². The van der Waals surface area contributed by atoms with E-state index in [1.54, 1.807) is 18.3 Å². The van der Waals surface area contributed by atoms with Gasteiger partial charge in [0.25, 0.3) is 0 Å². The molecule has 3 aromatic rings. The number of hydrogen-bond donors (Lipinski definition) is 1. The van der Waals surface area contributed by atoms with Gasteiger partial charge in [-0.2, -0.15) is 10.2 Å². The van der Waals surface area contributed by atoms with Crippen LogP contribution in [0.25, 0.3) is 0 Å². The maximum absolute atomic E-state index is 10.7. The average Bonchev–Trinajstić information content (AvgIpc) is 3.29. The molecule has 0 amide bonds. The van der Waals surface area contributed by atoms with E-state index < -0.39 is 4.92 Å². The van der Waals surface area contributed by atoms with Gasteiger partial charge in [-0.05, 0) is 30.7 Å². The molecule has 0 bridgehead atoms. The highest BCUT2D eigenvalue weighted by Crippen LogP contribution is 2.28. The lowest BCUT2D eigenvalue weighted by Crippen LogP contribution is -2.06. The van der Waals surface area contributed by atoms with Gasteiger partial charge in [0.1, 0.15) is 12.4 Å². The molecule has 0 fully saturated rings. The van der Waals surface area contributed by atoms with Crippen molar-refractivity contribution in [1.82, 2.24) is 14.8 Å². The molecule has 11 heteroatoms. The van der Waals surface area contributed by atoms with Gasteiger partial charge < -0.3 is 9.47 Å². The zero-order valence-electron chi connectivity index (χ0n) is 14.5. The largest absolute Gasteiger partial charge is 0.493 e. The van der Waals surface area contributed by atoms with Crippen molar-refractivity contribution in [1.29, 1.82) is 0 Å². The Balaban J connectivity index is 1.63. The van der Waals surface area contributed by atoms with Crippen molar-refractivity contribution < 1.29 is 14.4 Å². The van der Waals surface area contributed by atoms with Crippen LogP contribution in [0.3, 0.4) is 0 Å². The quantitative estimate of drug-likeness (QED) is 0.358. The van der Waals surface area contributed by atoms with Crippen LogP contribution in [0.5, 0.6) is 11.5 Å². The molecule has 0 atom stereocenters. The molecule has 1 aromatic carbocycles. The van der Waals surface area contributed by atoms with Crippen LogP contribution >= 0.6 is 11.3 Å². The van der Waals surface area contributed by atoms with Crippen LogP contribution in [-0.2, 0) is 6.73 Å². The average molecular weight is 388 g/mol. The number of rotatable bonds is 8. The van der Waals surface area contributed by atoms with E-state index in [2.05, 4.69) is 20.6 Å². The number of hydrazone groups is 1. The van der Waals surface area contributed by atoms with Gasteiger partial charge in [0, 0.05) is 5.38 Å². The number of thiazole rings is 1. The number of methoxy groups -OCH3 is 1. The molecule has 0 radical (unpaired) electrons. The van der Waals surface area contributed by atoms with Crippen LogP contribution in [0.4, 0.5) is 10.8 Å². The number of nitrogens with one attached hydrogen (secondary N) is 1. The van der Waals surface area contributed by atoms with E-state index in [-0.39, 0.29) is 12.4 Å². The molecule has 0 aliphatic rings. The van der Waals surface area contributed by atoms with E-state index in [4.69, 9.17) is 9.47 Å². The summed E-state index contributed by atoms with van der Waals surface area (Å²) in [7, 11) is 1.53. The topological polar surface area (TPSA) is 117 Å². The lowest BCUT2D eigenvalue weighted by atomic mass is 10.2. The van der Waals surface area contributed by atoms with E-state index in [0.717, 1.165) is 17.5 Å². The van der Waals surface area contributed by atoms with Crippen molar-refractivity contribution in [3.63, 3.8) is 0 Å². The summed E-state index contributed by atoms with van der Waals surface area (Å²) in [4.78, 5) is 14.4. The van der Waals surface area contributed by atoms with Crippen LogP contribution in [0.15, 0.2) is 41.1 Å². The number of hydrogen-bond acceptors (Lipinski definition) is 9. The first kappa shape index (κ1) is 18.3. The normalized spacial score (nSPS) is 10.9. The molecule has 0 spiro atoms. The summed E-state index contributed by atoms with van der Waals surface area (Å²) >= 11 is 1.47. The number of benzene rings is 1. The minimum atomic E-state index is -0.515. The number of ether oxygens (including phenoxy) is 2. The summed E-state index contributed by atoms with van der Waals surface area (Å²) in [5.41, 5.74) is 4.50. The highest BCUT2D eigenvalue weighted by Gasteiger charge is 2.10. The van der Waals surface area contributed by atoms with Gasteiger partial charge in [-0.15, -0.1) is 11.3 Å². The first-order valence-corrected chi connectivity index (χ1v) is 8.62. The Morgan fingerprint density at radius 2 is 2.30 bits per heavy atom. The molecular formula is C16H16N6O4S. The monoisotopic (exact) mass is 388 g/mol. The smallest absolute Gasteiger partial charge is 0.307 e. The zero-order chi connectivity index (χ0) is 19.2. The lowest BCUT2D eigenvalue weighted by molar-refractivity contribution is -0.385. The lowest BCUT2D eigenvalue weighted by Gasteiger charge is -2.11. The Morgan fingerprint density at radius 1 is 1.44 bits per heavy atom. The molecule has 0 saturated heterocycles. The van der Waals surface area contributed by atoms with Gasteiger partial charge in [0.05, 0.1) is 23.9 Å². The third-order valence-corrected chi connectivity index (χ3v) is 4.23. The van der Waals surface area contributed by atoms with Crippen molar-refractivity contribution >= 4 is 28.4 Å². The predicted octanol–water partition coefficient (Wildman–Crippen LogP) is 3.05. The molecule has 0 unspecified atom stereocenters. The van der Waals surface area contributed by atoms with Crippen LogP contribution in [0, 0.1) is 17.0 Å². The summed E-state index contributed by atoms with van der Waals surface area (Å²) in [5, 5.41) is 21.3. The second-order valence-corrected chi connectivity index (χ2v) is 6.20. The number of nitrogens with zero attached hydrogens (tertiary/aromatic N) is 5. The highest BCUT2D eigenvalue weighted by molar-refractivity contribution is 7.13. The van der Waals surface area contributed by atoms with Crippen LogP contribution in [0.2, 0.25) is 0 Å². The molecule has 1 N–H and O–H groups in total. The van der Waals surface area contributed by atoms with Gasteiger partial charge in [-0.1, -0.05) is 0 Å². The first-order chi connectivity index (χ1) is 13.0. The van der Waals surface area contributed by atoms with E-state index in [1.807, 2.05) is 18.4 Å². The van der Waals surface area contributed by atoms with Gasteiger partial charge in [0.2, 0.25) is 5.13 Å². The fourth-order valence-corrected chi connectivity index (χ4v) is 2.74. The predicted molar refractivity (Wildman–Crippen MR) is 101 cm³/mol. The van der Waals surface area contributed by atoms with Crippen LogP contribution < -0.4 is 14.9 Å². The van der Waals surface area contributed by atoms with Crippen LogP contribution in [0.1, 0.15) is 11.3 Å². The minimum Gasteiger partial charge on any atom is -0.493 e. The standard InChI is InChI=1S/C16H16N6O4S/c1-11-9-27-16(19-11)20-17-6-12-3-4-14(15(5-12)25-2)26-10-21-8-13(7-18-21)22(23)24/h3-9H,10H2,1-2H3,(H,19,20). The summed E-state index contributed by atoms with van der Waals surface area (Å²) < 4.78 is 12.3. The SMILES string of the molecule is COc1cc(C=NNc2nc(C)cs2)ccc1OCn1cc([N+](=O)[O-])cn1. The Kier molecular flexibility index (Phi) is 5.61. The Labute approximate surface area is 158 Å². The molecule has 27 heavy (non-hydrogen) atoms. The number of aromatic nitrogens is 3.